The number of benzene rings is 1. The Kier molecular flexibility index (Phi) is 6.71. The Bertz CT molecular complexity index is 974. The van der Waals surface area contributed by atoms with Crippen LogP contribution in [0.15, 0.2) is 46.9 Å². The van der Waals surface area contributed by atoms with E-state index >= 15 is 0 Å². The van der Waals surface area contributed by atoms with Crippen molar-refractivity contribution >= 4 is 52.2 Å². The lowest BCUT2D eigenvalue weighted by atomic mass is 10.3. The fourth-order valence-electron chi connectivity index (χ4n) is 2.41. The van der Waals surface area contributed by atoms with Crippen LogP contribution in [0.1, 0.15) is 13.3 Å². The van der Waals surface area contributed by atoms with Crippen molar-refractivity contribution in [2.45, 2.75) is 30.3 Å². The molecule has 1 atom stereocenters. The second-order valence-corrected chi connectivity index (χ2v) is 8.60. The average molecular weight is 436 g/mol. The minimum Gasteiger partial charge on any atom is -0.370 e. The normalized spacial score (nSPS) is 11.9. The molecule has 0 radical (unpaired) electrons. The SMILES string of the molecule is CC(Sc1nnc(-c2cccs2)n1CCC(N)=O)C(=O)Nc1cccc(Cl)c1. The maximum absolute atomic E-state index is 12.5. The first-order chi connectivity index (χ1) is 13.4. The first-order valence-corrected chi connectivity index (χ1v) is 10.6. The lowest BCUT2D eigenvalue weighted by molar-refractivity contribution is -0.118. The first-order valence-electron chi connectivity index (χ1n) is 8.42. The van der Waals surface area contributed by atoms with Gasteiger partial charge < -0.3 is 15.6 Å². The van der Waals surface area contributed by atoms with Gasteiger partial charge in [-0.1, -0.05) is 35.5 Å². The zero-order chi connectivity index (χ0) is 20.1. The maximum Gasteiger partial charge on any atom is 0.237 e. The molecule has 3 rings (SSSR count). The summed E-state index contributed by atoms with van der Waals surface area (Å²) in [5.74, 6) is 0.0594. The molecule has 0 saturated carbocycles. The Morgan fingerprint density at radius 1 is 1.32 bits per heavy atom. The van der Waals surface area contributed by atoms with Crippen molar-refractivity contribution in [3.8, 4) is 10.7 Å². The molecule has 1 aromatic carbocycles. The molecule has 2 heterocycles. The van der Waals surface area contributed by atoms with E-state index in [9.17, 15) is 9.59 Å². The molecular weight excluding hydrogens is 418 g/mol. The van der Waals surface area contributed by atoms with Gasteiger partial charge in [-0.05, 0) is 36.6 Å². The van der Waals surface area contributed by atoms with Crippen LogP contribution in [-0.4, -0.2) is 31.8 Å². The zero-order valence-corrected chi connectivity index (χ0v) is 17.4. The van der Waals surface area contributed by atoms with Gasteiger partial charge in [-0.2, -0.15) is 0 Å². The molecule has 1 unspecified atom stereocenters. The summed E-state index contributed by atoms with van der Waals surface area (Å²) < 4.78 is 1.82. The lowest BCUT2D eigenvalue weighted by Crippen LogP contribution is -2.23. The number of amides is 2. The van der Waals surface area contributed by atoms with Crippen molar-refractivity contribution in [2.75, 3.05) is 5.32 Å². The molecule has 2 aromatic heterocycles. The molecule has 0 bridgehead atoms. The highest BCUT2D eigenvalue weighted by Crippen LogP contribution is 2.30. The third-order valence-electron chi connectivity index (χ3n) is 3.78. The van der Waals surface area contributed by atoms with Gasteiger partial charge >= 0.3 is 0 Å². The fourth-order valence-corrected chi connectivity index (χ4v) is 4.19. The van der Waals surface area contributed by atoms with E-state index in [-0.39, 0.29) is 12.3 Å². The van der Waals surface area contributed by atoms with E-state index in [2.05, 4.69) is 15.5 Å². The minimum absolute atomic E-state index is 0.160. The number of halogens is 1. The molecule has 2 amide bonds. The highest BCUT2D eigenvalue weighted by molar-refractivity contribution is 8.00. The Morgan fingerprint density at radius 2 is 2.14 bits per heavy atom. The molecule has 0 fully saturated rings. The Hall–Kier alpha value is -2.36. The Labute approximate surface area is 175 Å². The summed E-state index contributed by atoms with van der Waals surface area (Å²) in [7, 11) is 0. The molecule has 0 aliphatic heterocycles. The fraction of sp³-hybridized carbons (Fsp3) is 0.222. The summed E-state index contributed by atoms with van der Waals surface area (Å²) in [5, 5.41) is 13.9. The van der Waals surface area contributed by atoms with E-state index < -0.39 is 11.2 Å². The van der Waals surface area contributed by atoms with Gasteiger partial charge in [0.15, 0.2) is 11.0 Å². The second kappa shape index (κ2) is 9.22. The van der Waals surface area contributed by atoms with Crippen molar-refractivity contribution < 1.29 is 9.59 Å². The molecule has 146 valence electrons. The van der Waals surface area contributed by atoms with Gasteiger partial charge in [0.2, 0.25) is 11.8 Å². The molecule has 0 aliphatic rings. The highest BCUT2D eigenvalue weighted by atomic mass is 35.5. The molecule has 28 heavy (non-hydrogen) atoms. The highest BCUT2D eigenvalue weighted by Gasteiger charge is 2.21. The number of carbonyl (C=O) groups is 2. The predicted molar refractivity (Wildman–Crippen MR) is 113 cm³/mol. The number of thiophene rings is 1. The number of rotatable bonds is 8. The summed E-state index contributed by atoms with van der Waals surface area (Å²) in [6.07, 6.45) is 0.160. The van der Waals surface area contributed by atoms with Crippen molar-refractivity contribution in [3.05, 3.63) is 46.8 Å². The molecule has 3 N–H and O–H groups in total. The van der Waals surface area contributed by atoms with Crippen LogP contribution in [0.5, 0.6) is 0 Å². The van der Waals surface area contributed by atoms with Crippen LogP contribution >= 0.6 is 34.7 Å². The van der Waals surface area contributed by atoms with Gasteiger partial charge in [0.1, 0.15) is 0 Å². The summed E-state index contributed by atoms with van der Waals surface area (Å²) in [6.45, 7) is 2.13. The van der Waals surface area contributed by atoms with Gasteiger partial charge in [-0.3, -0.25) is 9.59 Å². The number of nitrogens with zero attached hydrogens (tertiary/aromatic N) is 3. The molecule has 3 aromatic rings. The van der Waals surface area contributed by atoms with Crippen molar-refractivity contribution in [2.24, 2.45) is 5.73 Å². The number of nitrogens with one attached hydrogen (secondary N) is 1. The van der Waals surface area contributed by atoms with E-state index in [1.807, 2.05) is 22.1 Å². The smallest absolute Gasteiger partial charge is 0.237 e. The molecule has 0 spiro atoms. The van der Waals surface area contributed by atoms with E-state index in [4.69, 9.17) is 17.3 Å². The second-order valence-electron chi connectivity index (χ2n) is 5.91. The summed E-state index contributed by atoms with van der Waals surface area (Å²) in [6, 6.07) is 10.8. The van der Waals surface area contributed by atoms with Crippen LogP contribution in [0.3, 0.4) is 0 Å². The Balaban J connectivity index is 1.76. The number of aromatic nitrogens is 3. The van der Waals surface area contributed by atoms with Crippen LogP contribution in [0.25, 0.3) is 10.7 Å². The minimum atomic E-state index is -0.438. The molecule has 0 saturated heterocycles. The number of primary amides is 1. The van der Waals surface area contributed by atoms with Gasteiger partial charge in [-0.25, -0.2) is 0 Å². The topological polar surface area (TPSA) is 103 Å². The van der Waals surface area contributed by atoms with Crippen LogP contribution in [0.2, 0.25) is 5.02 Å². The largest absolute Gasteiger partial charge is 0.370 e. The predicted octanol–water partition coefficient (Wildman–Crippen LogP) is 3.65. The maximum atomic E-state index is 12.5. The van der Waals surface area contributed by atoms with E-state index in [0.29, 0.717) is 28.2 Å². The van der Waals surface area contributed by atoms with Crippen LogP contribution < -0.4 is 11.1 Å². The third-order valence-corrected chi connectivity index (χ3v) is 5.97. The van der Waals surface area contributed by atoms with Gasteiger partial charge in [0, 0.05) is 23.7 Å². The monoisotopic (exact) mass is 435 g/mol. The van der Waals surface area contributed by atoms with Gasteiger partial charge in [0.05, 0.1) is 10.1 Å². The number of thioether (sulfide) groups is 1. The molecule has 10 heteroatoms. The van der Waals surface area contributed by atoms with Gasteiger partial charge in [0.25, 0.3) is 0 Å². The molecule has 7 nitrogen and oxygen atoms in total. The Morgan fingerprint density at radius 3 is 2.82 bits per heavy atom. The summed E-state index contributed by atoms with van der Waals surface area (Å²) >= 11 is 8.75. The average Bonchev–Trinajstić information content (AvgIpc) is 3.29. The summed E-state index contributed by atoms with van der Waals surface area (Å²) in [4.78, 5) is 24.7. The zero-order valence-electron chi connectivity index (χ0n) is 15.0. The number of nitrogens with two attached hydrogens (primary N) is 1. The van der Waals surface area contributed by atoms with Gasteiger partial charge in [-0.15, -0.1) is 21.5 Å². The van der Waals surface area contributed by atoms with Crippen molar-refractivity contribution in [1.82, 2.24) is 14.8 Å². The third kappa shape index (κ3) is 5.12. The molecule has 0 aliphatic carbocycles. The molecular formula is C18H18ClN5O2S2. The quantitative estimate of drug-likeness (QED) is 0.525. The van der Waals surface area contributed by atoms with Crippen LogP contribution in [0.4, 0.5) is 5.69 Å². The van der Waals surface area contributed by atoms with E-state index in [0.717, 1.165) is 4.88 Å². The van der Waals surface area contributed by atoms with Crippen molar-refractivity contribution in [3.63, 3.8) is 0 Å². The number of hydrogen-bond acceptors (Lipinski definition) is 6. The standard InChI is InChI=1S/C18H18ClN5O2S2/c1-11(17(26)21-13-5-2-4-12(19)10-13)28-18-23-22-16(14-6-3-9-27-14)24(18)8-7-15(20)25/h2-6,9-11H,7-8H2,1H3,(H2,20,25)(H,21,26). The lowest BCUT2D eigenvalue weighted by Gasteiger charge is -2.13. The van der Waals surface area contributed by atoms with Crippen LogP contribution in [-0.2, 0) is 16.1 Å². The summed E-state index contributed by atoms with van der Waals surface area (Å²) in [5.41, 5.74) is 5.93. The van der Waals surface area contributed by atoms with Crippen molar-refractivity contribution in [1.29, 1.82) is 0 Å². The number of carbonyl (C=O) groups excluding carboxylic acids is 2. The first kappa shape index (κ1) is 20.4. The number of anilines is 1. The van der Waals surface area contributed by atoms with Crippen LogP contribution in [0, 0.1) is 0 Å². The van der Waals surface area contributed by atoms with E-state index in [1.165, 1.54) is 23.1 Å². The van der Waals surface area contributed by atoms with E-state index in [1.54, 1.807) is 31.2 Å². The number of hydrogen-bond donors (Lipinski definition) is 2.